The molecule has 0 aromatic carbocycles. The summed E-state index contributed by atoms with van der Waals surface area (Å²) >= 11 is 0. The van der Waals surface area contributed by atoms with Gasteiger partial charge < -0.3 is 20.6 Å². The minimum Gasteiger partial charge on any atom is -0.394 e. The summed E-state index contributed by atoms with van der Waals surface area (Å²) in [7, 11) is 0. The van der Waals surface area contributed by atoms with Crippen LogP contribution in [-0.2, 0) is 4.79 Å². The number of nitrogens with one attached hydrogen (secondary N) is 1. The third-order valence-corrected chi connectivity index (χ3v) is 13.4. The standard InChI is InChI=1S/C55H111NO4/c1-3-5-7-9-11-13-15-17-19-20-21-22-23-24-25-26-27-28-29-30-31-32-33-35-36-38-40-42-44-46-48-52(58)50-55(60)56-53(51-57)54(59)49-47-45-43-41-39-37-34-18-16-14-12-10-8-6-4-2/h52-54,57-59H,3-51H2,1-2H3,(H,56,60). The molecule has 3 atom stereocenters. The molecule has 0 rings (SSSR count). The van der Waals surface area contributed by atoms with Crippen LogP contribution < -0.4 is 5.32 Å². The minimum absolute atomic E-state index is 0.0434. The number of carbonyl (C=O) groups excluding carboxylic acids is 1. The molecule has 0 heterocycles. The van der Waals surface area contributed by atoms with Crippen molar-refractivity contribution in [3.05, 3.63) is 0 Å². The molecule has 5 heteroatoms. The summed E-state index contributed by atoms with van der Waals surface area (Å²) in [5.74, 6) is -0.275. The van der Waals surface area contributed by atoms with Gasteiger partial charge >= 0.3 is 0 Å². The third-order valence-electron chi connectivity index (χ3n) is 13.4. The summed E-state index contributed by atoms with van der Waals surface area (Å²) in [4.78, 5) is 12.5. The van der Waals surface area contributed by atoms with Crippen molar-refractivity contribution in [2.45, 2.75) is 340 Å². The predicted molar refractivity (Wildman–Crippen MR) is 264 cm³/mol. The molecule has 0 spiro atoms. The van der Waals surface area contributed by atoms with Crippen molar-refractivity contribution in [3.63, 3.8) is 0 Å². The first-order valence-corrected chi connectivity index (χ1v) is 27.8. The Morgan fingerprint density at radius 2 is 0.567 bits per heavy atom. The van der Waals surface area contributed by atoms with Crippen LogP contribution in [0, 0.1) is 0 Å². The molecule has 0 bridgehead atoms. The Morgan fingerprint density at radius 3 is 0.800 bits per heavy atom. The van der Waals surface area contributed by atoms with E-state index >= 15 is 0 Å². The van der Waals surface area contributed by atoms with Gasteiger partial charge in [0, 0.05) is 0 Å². The van der Waals surface area contributed by atoms with Gasteiger partial charge in [-0.05, 0) is 12.8 Å². The number of carbonyl (C=O) groups is 1. The van der Waals surface area contributed by atoms with E-state index in [1.165, 1.54) is 263 Å². The van der Waals surface area contributed by atoms with E-state index in [1.807, 2.05) is 0 Å². The Kier molecular flexibility index (Phi) is 50.4. The average molecular weight is 850 g/mol. The molecule has 3 unspecified atom stereocenters. The normalized spacial score (nSPS) is 13.2. The van der Waals surface area contributed by atoms with Crippen LogP contribution in [0.15, 0.2) is 0 Å². The lowest BCUT2D eigenvalue weighted by Crippen LogP contribution is -2.46. The van der Waals surface area contributed by atoms with Gasteiger partial charge in [0.2, 0.25) is 5.91 Å². The second-order valence-electron chi connectivity index (χ2n) is 19.6. The van der Waals surface area contributed by atoms with Gasteiger partial charge in [0.1, 0.15) is 0 Å². The summed E-state index contributed by atoms with van der Waals surface area (Å²) in [6.45, 7) is 4.30. The van der Waals surface area contributed by atoms with Gasteiger partial charge in [0.15, 0.2) is 0 Å². The first-order chi connectivity index (χ1) is 29.5. The van der Waals surface area contributed by atoms with Crippen molar-refractivity contribution in [1.82, 2.24) is 5.32 Å². The maximum atomic E-state index is 12.5. The number of unbranched alkanes of at least 4 members (excludes halogenated alkanes) is 43. The van der Waals surface area contributed by atoms with Crippen molar-refractivity contribution < 1.29 is 20.1 Å². The van der Waals surface area contributed by atoms with Crippen LogP contribution in [0.2, 0.25) is 0 Å². The van der Waals surface area contributed by atoms with E-state index in [-0.39, 0.29) is 18.9 Å². The fourth-order valence-corrected chi connectivity index (χ4v) is 9.17. The number of rotatable bonds is 52. The Hall–Kier alpha value is -0.650. The van der Waals surface area contributed by atoms with Gasteiger partial charge in [0.05, 0.1) is 31.3 Å². The van der Waals surface area contributed by atoms with E-state index in [4.69, 9.17) is 0 Å². The SMILES string of the molecule is CCCCCCCCCCCCCCCCCCCCCCCCCCCCCCCCC(O)CC(=O)NC(CO)C(O)CCCCCCCCCCCCCCCCC. The molecule has 0 saturated carbocycles. The van der Waals surface area contributed by atoms with E-state index < -0.39 is 18.2 Å². The topological polar surface area (TPSA) is 89.8 Å². The summed E-state index contributed by atoms with van der Waals surface area (Å²) in [6.07, 6.45) is 61.2. The number of aliphatic hydroxyl groups excluding tert-OH is 3. The van der Waals surface area contributed by atoms with Crippen molar-refractivity contribution in [2.75, 3.05) is 6.61 Å². The molecule has 0 radical (unpaired) electrons. The highest BCUT2D eigenvalue weighted by molar-refractivity contribution is 5.76. The molecule has 0 aliphatic rings. The van der Waals surface area contributed by atoms with Gasteiger partial charge in [-0.3, -0.25) is 4.79 Å². The highest BCUT2D eigenvalue weighted by Crippen LogP contribution is 2.18. The molecule has 360 valence electrons. The van der Waals surface area contributed by atoms with Gasteiger partial charge in [0.25, 0.3) is 0 Å². The van der Waals surface area contributed by atoms with Crippen LogP contribution in [0.5, 0.6) is 0 Å². The second-order valence-corrected chi connectivity index (χ2v) is 19.6. The Bertz CT molecular complexity index is 807. The molecular formula is C55H111NO4. The Labute approximate surface area is 377 Å². The smallest absolute Gasteiger partial charge is 0.222 e. The molecule has 0 aliphatic carbocycles. The molecule has 0 aromatic rings. The summed E-state index contributed by atoms with van der Waals surface area (Å²) in [5.41, 5.74) is 0. The van der Waals surface area contributed by atoms with E-state index in [0.29, 0.717) is 12.8 Å². The Balaban J connectivity index is 3.44. The van der Waals surface area contributed by atoms with Crippen LogP contribution in [-0.4, -0.2) is 46.1 Å². The molecule has 5 nitrogen and oxygen atoms in total. The maximum Gasteiger partial charge on any atom is 0.222 e. The predicted octanol–water partition coefficient (Wildman–Crippen LogP) is 16.9. The monoisotopic (exact) mass is 850 g/mol. The maximum absolute atomic E-state index is 12.5. The number of hydrogen-bond acceptors (Lipinski definition) is 4. The van der Waals surface area contributed by atoms with E-state index in [2.05, 4.69) is 19.2 Å². The van der Waals surface area contributed by atoms with Crippen molar-refractivity contribution >= 4 is 5.91 Å². The molecule has 0 aromatic heterocycles. The minimum atomic E-state index is -0.744. The van der Waals surface area contributed by atoms with Crippen molar-refractivity contribution in [3.8, 4) is 0 Å². The van der Waals surface area contributed by atoms with Crippen LogP contribution in [0.3, 0.4) is 0 Å². The van der Waals surface area contributed by atoms with Crippen LogP contribution in [0.1, 0.15) is 322 Å². The van der Waals surface area contributed by atoms with E-state index in [1.54, 1.807) is 0 Å². The lowest BCUT2D eigenvalue weighted by Gasteiger charge is -2.23. The van der Waals surface area contributed by atoms with Gasteiger partial charge in [-0.2, -0.15) is 0 Å². The van der Waals surface area contributed by atoms with Crippen LogP contribution in [0.4, 0.5) is 0 Å². The molecule has 0 fully saturated rings. The zero-order valence-electron chi connectivity index (χ0n) is 41.1. The van der Waals surface area contributed by atoms with Crippen molar-refractivity contribution in [1.29, 1.82) is 0 Å². The average Bonchev–Trinajstić information content (AvgIpc) is 3.24. The number of aliphatic hydroxyl groups is 3. The van der Waals surface area contributed by atoms with Gasteiger partial charge in [-0.25, -0.2) is 0 Å². The number of amides is 1. The zero-order valence-corrected chi connectivity index (χ0v) is 41.1. The Morgan fingerprint density at radius 1 is 0.350 bits per heavy atom. The summed E-state index contributed by atoms with van der Waals surface area (Å²) in [6, 6.07) is -0.653. The van der Waals surface area contributed by atoms with Gasteiger partial charge in [-0.1, -0.05) is 303 Å². The van der Waals surface area contributed by atoms with Crippen molar-refractivity contribution in [2.24, 2.45) is 0 Å². The molecule has 0 saturated heterocycles. The van der Waals surface area contributed by atoms with E-state index in [0.717, 1.165) is 25.7 Å². The molecule has 60 heavy (non-hydrogen) atoms. The zero-order chi connectivity index (χ0) is 43.7. The van der Waals surface area contributed by atoms with E-state index in [9.17, 15) is 20.1 Å². The highest BCUT2D eigenvalue weighted by atomic mass is 16.3. The highest BCUT2D eigenvalue weighted by Gasteiger charge is 2.21. The second kappa shape index (κ2) is 51.0. The third kappa shape index (κ3) is 46.8. The molecule has 1 amide bonds. The molecule has 4 N–H and O–H groups in total. The molecular weight excluding hydrogens is 739 g/mol. The van der Waals surface area contributed by atoms with Crippen LogP contribution >= 0.6 is 0 Å². The van der Waals surface area contributed by atoms with Crippen LogP contribution in [0.25, 0.3) is 0 Å². The summed E-state index contributed by atoms with van der Waals surface area (Å²) in [5, 5.41) is 33.6. The lowest BCUT2D eigenvalue weighted by molar-refractivity contribution is -0.125. The quantitative estimate of drug-likeness (QED) is 0.0459. The number of hydrogen-bond donors (Lipinski definition) is 4. The van der Waals surface area contributed by atoms with Gasteiger partial charge in [-0.15, -0.1) is 0 Å². The largest absolute Gasteiger partial charge is 0.394 e. The fraction of sp³-hybridized carbons (Fsp3) is 0.982. The fourth-order valence-electron chi connectivity index (χ4n) is 9.17. The first kappa shape index (κ1) is 59.4. The summed E-state index contributed by atoms with van der Waals surface area (Å²) < 4.78 is 0. The first-order valence-electron chi connectivity index (χ1n) is 27.8. The lowest BCUT2D eigenvalue weighted by atomic mass is 10.0. The molecule has 0 aliphatic heterocycles.